The van der Waals surface area contributed by atoms with Crippen molar-refractivity contribution in [3.05, 3.63) is 12.1 Å². The Balaban J connectivity index is 2.17. The van der Waals surface area contributed by atoms with E-state index < -0.39 is 0 Å². The molecule has 1 fully saturated rings. The van der Waals surface area contributed by atoms with E-state index in [9.17, 15) is 0 Å². The first kappa shape index (κ1) is 8.29. The zero-order chi connectivity index (χ0) is 9.26. The van der Waals surface area contributed by atoms with Gasteiger partial charge >= 0.3 is 0 Å². The highest BCUT2D eigenvalue weighted by atomic mass is 15.3. The molecule has 0 radical (unpaired) electrons. The zero-order valence-corrected chi connectivity index (χ0v) is 7.77. The average molecular weight is 178 g/mol. The summed E-state index contributed by atoms with van der Waals surface area (Å²) in [6, 6.07) is 4.42. The van der Waals surface area contributed by atoms with Crippen LogP contribution in [0, 0.1) is 0 Å². The van der Waals surface area contributed by atoms with Crippen molar-refractivity contribution in [2.24, 2.45) is 0 Å². The summed E-state index contributed by atoms with van der Waals surface area (Å²) in [4.78, 5) is 2.27. The first-order valence-electron chi connectivity index (χ1n) is 4.67. The lowest BCUT2D eigenvalue weighted by atomic mass is 10.4. The Labute approximate surface area is 77.8 Å². The van der Waals surface area contributed by atoms with E-state index >= 15 is 0 Å². The number of hydrogen-bond donors (Lipinski definition) is 1. The van der Waals surface area contributed by atoms with Crippen molar-refractivity contribution < 1.29 is 0 Å². The molecule has 1 heterocycles. The summed E-state index contributed by atoms with van der Waals surface area (Å²) >= 11 is 0. The minimum Gasteiger partial charge on any atom is -0.382 e. The molecule has 1 aromatic rings. The lowest BCUT2D eigenvalue weighted by molar-refractivity contribution is 0.793. The van der Waals surface area contributed by atoms with Crippen molar-refractivity contribution in [2.45, 2.75) is 25.8 Å². The van der Waals surface area contributed by atoms with E-state index in [0.29, 0.717) is 11.9 Å². The van der Waals surface area contributed by atoms with Crippen LogP contribution in [0.2, 0.25) is 0 Å². The maximum atomic E-state index is 5.47. The van der Waals surface area contributed by atoms with E-state index in [4.69, 9.17) is 5.73 Å². The van der Waals surface area contributed by atoms with Crippen LogP contribution in [0.25, 0.3) is 0 Å². The number of anilines is 2. The maximum absolute atomic E-state index is 5.47. The molecule has 0 amide bonds. The molecule has 0 atom stereocenters. The zero-order valence-electron chi connectivity index (χ0n) is 7.77. The lowest BCUT2D eigenvalue weighted by Crippen LogP contribution is -2.26. The van der Waals surface area contributed by atoms with Crippen LogP contribution in [0.3, 0.4) is 0 Å². The van der Waals surface area contributed by atoms with Crippen LogP contribution < -0.4 is 10.6 Å². The third-order valence-electron chi connectivity index (χ3n) is 2.29. The van der Waals surface area contributed by atoms with Crippen molar-refractivity contribution in [1.29, 1.82) is 0 Å². The predicted octanol–water partition coefficient (Wildman–Crippen LogP) is 1.05. The van der Waals surface area contributed by atoms with Gasteiger partial charge < -0.3 is 10.6 Å². The van der Waals surface area contributed by atoms with E-state index in [0.717, 1.165) is 12.4 Å². The van der Waals surface area contributed by atoms with E-state index in [-0.39, 0.29) is 0 Å². The van der Waals surface area contributed by atoms with Crippen LogP contribution in [0.4, 0.5) is 11.6 Å². The Morgan fingerprint density at radius 1 is 1.46 bits per heavy atom. The van der Waals surface area contributed by atoms with Crippen LogP contribution in [0.15, 0.2) is 12.1 Å². The van der Waals surface area contributed by atoms with Gasteiger partial charge in [-0.25, -0.2) is 0 Å². The summed E-state index contributed by atoms with van der Waals surface area (Å²) in [6.45, 7) is 3.12. The fourth-order valence-corrected chi connectivity index (χ4v) is 1.48. The molecule has 13 heavy (non-hydrogen) atoms. The molecule has 70 valence electrons. The molecule has 4 heteroatoms. The van der Waals surface area contributed by atoms with Crippen molar-refractivity contribution in [3.8, 4) is 0 Å². The molecule has 1 saturated carbocycles. The molecular weight excluding hydrogens is 164 g/mol. The summed E-state index contributed by atoms with van der Waals surface area (Å²) < 4.78 is 0. The number of nitrogens with zero attached hydrogens (tertiary/aromatic N) is 3. The van der Waals surface area contributed by atoms with Crippen molar-refractivity contribution in [3.63, 3.8) is 0 Å². The molecule has 1 aromatic heterocycles. The normalized spacial score (nSPS) is 15.8. The van der Waals surface area contributed by atoms with Gasteiger partial charge in [0.1, 0.15) is 5.82 Å². The molecule has 0 aliphatic heterocycles. The third-order valence-corrected chi connectivity index (χ3v) is 2.29. The number of hydrogen-bond acceptors (Lipinski definition) is 4. The molecule has 1 aliphatic rings. The quantitative estimate of drug-likeness (QED) is 0.751. The van der Waals surface area contributed by atoms with Gasteiger partial charge in [-0.05, 0) is 31.9 Å². The van der Waals surface area contributed by atoms with Crippen LogP contribution in [0.5, 0.6) is 0 Å². The first-order valence-corrected chi connectivity index (χ1v) is 4.67. The molecule has 0 bridgehead atoms. The second-order valence-corrected chi connectivity index (χ2v) is 3.33. The van der Waals surface area contributed by atoms with E-state index in [1.807, 2.05) is 6.07 Å². The van der Waals surface area contributed by atoms with E-state index in [1.54, 1.807) is 6.07 Å². The van der Waals surface area contributed by atoms with Crippen LogP contribution in [-0.2, 0) is 0 Å². The molecule has 0 saturated heterocycles. The van der Waals surface area contributed by atoms with E-state index in [2.05, 4.69) is 22.0 Å². The SMILES string of the molecule is CCN(c1ccc(N)nn1)C1CC1. The van der Waals surface area contributed by atoms with Crippen LogP contribution in [0.1, 0.15) is 19.8 Å². The maximum Gasteiger partial charge on any atom is 0.151 e. The molecule has 2 rings (SSSR count). The molecule has 0 unspecified atom stereocenters. The summed E-state index contributed by atoms with van der Waals surface area (Å²) in [6.07, 6.45) is 2.56. The standard InChI is InChI=1S/C9H14N4/c1-2-13(7-3-4-7)9-6-5-8(10)11-12-9/h5-7H,2-4H2,1H3,(H2,10,11). The van der Waals surface area contributed by atoms with Gasteiger partial charge in [-0.1, -0.05) is 0 Å². The fourth-order valence-electron chi connectivity index (χ4n) is 1.48. The van der Waals surface area contributed by atoms with Crippen molar-refractivity contribution in [2.75, 3.05) is 17.2 Å². The van der Waals surface area contributed by atoms with Gasteiger partial charge in [0.25, 0.3) is 0 Å². The molecular formula is C9H14N4. The molecule has 2 N–H and O–H groups in total. The van der Waals surface area contributed by atoms with Gasteiger partial charge in [0, 0.05) is 12.6 Å². The number of rotatable bonds is 3. The van der Waals surface area contributed by atoms with Gasteiger partial charge in [0.15, 0.2) is 5.82 Å². The van der Waals surface area contributed by atoms with Gasteiger partial charge in [-0.15, -0.1) is 10.2 Å². The number of nitrogen functional groups attached to an aromatic ring is 1. The Bertz CT molecular complexity index is 278. The average Bonchev–Trinajstić information content (AvgIpc) is 2.93. The van der Waals surface area contributed by atoms with Crippen LogP contribution >= 0.6 is 0 Å². The number of aromatic nitrogens is 2. The Kier molecular flexibility index (Phi) is 2.04. The summed E-state index contributed by atoms with van der Waals surface area (Å²) in [5.74, 6) is 1.43. The second-order valence-electron chi connectivity index (χ2n) is 3.33. The topological polar surface area (TPSA) is 55.0 Å². The highest BCUT2D eigenvalue weighted by Gasteiger charge is 2.28. The summed E-state index contributed by atoms with van der Waals surface area (Å²) in [5, 5.41) is 7.91. The predicted molar refractivity (Wildman–Crippen MR) is 52.5 cm³/mol. The number of nitrogens with two attached hydrogens (primary N) is 1. The van der Waals surface area contributed by atoms with Gasteiger partial charge in [-0.3, -0.25) is 0 Å². The second kappa shape index (κ2) is 3.20. The highest BCUT2D eigenvalue weighted by Crippen LogP contribution is 2.29. The van der Waals surface area contributed by atoms with Crippen LogP contribution in [-0.4, -0.2) is 22.8 Å². The third kappa shape index (κ3) is 1.71. The minimum absolute atomic E-state index is 0.482. The Morgan fingerprint density at radius 3 is 2.69 bits per heavy atom. The van der Waals surface area contributed by atoms with Gasteiger partial charge in [0.2, 0.25) is 0 Å². The fraction of sp³-hybridized carbons (Fsp3) is 0.556. The van der Waals surface area contributed by atoms with E-state index in [1.165, 1.54) is 12.8 Å². The summed E-state index contributed by atoms with van der Waals surface area (Å²) in [7, 11) is 0. The largest absolute Gasteiger partial charge is 0.382 e. The molecule has 0 aromatic carbocycles. The monoisotopic (exact) mass is 178 g/mol. The summed E-state index contributed by atoms with van der Waals surface area (Å²) in [5.41, 5.74) is 5.47. The van der Waals surface area contributed by atoms with Crippen molar-refractivity contribution >= 4 is 11.6 Å². The van der Waals surface area contributed by atoms with Gasteiger partial charge in [-0.2, -0.15) is 0 Å². The Hall–Kier alpha value is -1.32. The van der Waals surface area contributed by atoms with Crippen molar-refractivity contribution in [1.82, 2.24) is 10.2 Å². The highest BCUT2D eigenvalue weighted by molar-refractivity contribution is 5.43. The lowest BCUT2D eigenvalue weighted by Gasteiger charge is -2.20. The molecule has 4 nitrogen and oxygen atoms in total. The molecule has 1 aliphatic carbocycles. The molecule has 0 spiro atoms. The van der Waals surface area contributed by atoms with Gasteiger partial charge in [0.05, 0.1) is 0 Å². The Morgan fingerprint density at radius 2 is 2.23 bits per heavy atom. The minimum atomic E-state index is 0.482. The smallest absolute Gasteiger partial charge is 0.151 e. The first-order chi connectivity index (χ1) is 6.31.